The van der Waals surface area contributed by atoms with E-state index < -0.39 is 5.60 Å². The minimum absolute atomic E-state index is 0.541. The monoisotopic (exact) mass is 256 g/mol. The largest absolute Gasteiger partial charge is 0.389 e. The normalized spacial score (nSPS) is 25.4. The second-order valence-corrected chi connectivity index (χ2v) is 5.69. The molecule has 6 heteroatoms. The quantitative estimate of drug-likeness (QED) is 0.832. The number of hydrogen-bond acceptors (Lipinski definition) is 6. The molecule has 0 bridgehead atoms. The van der Waals surface area contributed by atoms with Crippen molar-refractivity contribution in [3.63, 3.8) is 0 Å². The lowest BCUT2D eigenvalue weighted by Gasteiger charge is -2.18. The number of likely N-dealkylation sites (tertiary alicyclic amines) is 1. The third-order valence-corrected chi connectivity index (χ3v) is 3.72. The van der Waals surface area contributed by atoms with Gasteiger partial charge in [0.15, 0.2) is 0 Å². The third-order valence-electron chi connectivity index (χ3n) is 3.00. The summed E-state index contributed by atoms with van der Waals surface area (Å²) in [5.74, 6) is 0. The molecule has 1 saturated heterocycles. The average Bonchev–Trinajstić information content (AvgIpc) is 2.83. The van der Waals surface area contributed by atoms with E-state index in [1.54, 1.807) is 0 Å². The number of β-amino-alcohol motifs (C(OH)–C–C–N with tert-alkyl or cyclic N) is 1. The van der Waals surface area contributed by atoms with E-state index >= 15 is 0 Å². The standard InChI is InChI=1S/C11H20N4OS/c1-3-5-12-10-9(13-14-17-10)7-15-6-4-11(2,16)8-15/h12,16H,3-8H2,1-2H3. The molecule has 0 radical (unpaired) electrons. The van der Waals surface area contributed by atoms with Gasteiger partial charge in [0.25, 0.3) is 0 Å². The maximum absolute atomic E-state index is 9.91. The number of nitrogens with one attached hydrogen (secondary N) is 1. The van der Waals surface area contributed by atoms with Crippen molar-refractivity contribution < 1.29 is 5.11 Å². The van der Waals surface area contributed by atoms with Crippen LogP contribution in [-0.2, 0) is 6.54 Å². The van der Waals surface area contributed by atoms with Crippen LogP contribution in [0.25, 0.3) is 0 Å². The van der Waals surface area contributed by atoms with Crippen LogP contribution in [-0.4, -0.2) is 44.8 Å². The van der Waals surface area contributed by atoms with Crippen molar-refractivity contribution in [3.05, 3.63) is 5.69 Å². The van der Waals surface area contributed by atoms with Crippen molar-refractivity contribution >= 4 is 16.5 Å². The fraction of sp³-hybridized carbons (Fsp3) is 0.818. The highest BCUT2D eigenvalue weighted by molar-refractivity contribution is 7.10. The van der Waals surface area contributed by atoms with Crippen LogP contribution in [0.3, 0.4) is 0 Å². The van der Waals surface area contributed by atoms with E-state index in [1.165, 1.54) is 11.5 Å². The second-order valence-electron chi connectivity index (χ2n) is 4.93. The fourth-order valence-electron chi connectivity index (χ4n) is 2.07. The van der Waals surface area contributed by atoms with Gasteiger partial charge in [-0.25, -0.2) is 0 Å². The van der Waals surface area contributed by atoms with Crippen LogP contribution in [0.1, 0.15) is 32.4 Å². The Kier molecular flexibility index (Phi) is 3.96. The molecule has 0 aliphatic carbocycles. The van der Waals surface area contributed by atoms with Crippen molar-refractivity contribution in [3.8, 4) is 0 Å². The van der Waals surface area contributed by atoms with Crippen LogP contribution in [0.4, 0.5) is 5.00 Å². The van der Waals surface area contributed by atoms with Crippen LogP contribution >= 0.6 is 11.5 Å². The summed E-state index contributed by atoms with van der Waals surface area (Å²) in [6.45, 7) is 7.41. The summed E-state index contributed by atoms with van der Waals surface area (Å²) in [4.78, 5) is 2.23. The van der Waals surface area contributed by atoms with Gasteiger partial charge < -0.3 is 10.4 Å². The van der Waals surface area contributed by atoms with Crippen LogP contribution in [0, 0.1) is 0 Å². The van der Waals surface area contributed by atoms with Gasteiger partial charge in [-0.05, 0) is 19.8 Å². The minimum atomic E-state index is -0.541. The average molecular weight is 256 g/mol. The molecular formula is C11H20N4OS. The molecule has 96 valence electrons. The second kappa shape index (κ2) is 5.29. The molecule has 0 saturated carbocycles. The summed E-state index contributed by atoms with van der Waals surface area (Å²) in [7, 11) is 0. The van der Waals surface area contributed by atoms with Crippen LogP contribution in [0.2, 0.25) is 0 Å². The van der Waals surface area contributed by atoms with Gasteiger partial charge in [-0.2, -0.15) is 0 Å². The zero-order valence-corrected chi connectivity index (χ0v) is 11.3. The molecule has 1 fully saturated rings. The summed E-state index contributed by atoms with van der Waals surface area (Å²) in [6, 6.07) is 0. The van der Waals surface area contributed by atoms with Crippen molar-refractivity contribution in [1.29, 1.82) is 0 Å². The number of aliphatic hydroxyl groups is 1. The Morgan fingerprint density at radius 3 is 3.06 bits per heavy atom. The molecule has 0 spiro atoms. The van der Waals surface area contributed by atoms with E-state index in [4.69, 9.17) is 0 Å². The van der Waals surface area contributed by atoms with Crippen molar-refractivity contribution in [2.24, 2.45) is 0 Å². The Morgan fingerprint density at radius 2 is 2.41 bits per heavy atom. The van der Waals surface area contributed by atoms with E-state index in [-0.39, 0.29) is 0 Å². The number of anilines is 1. The van der Waals surface area contributed by atoms with Crippen LogP contribution in [0.5, 0.6) is 0 Å². The molecule has 2 heterocycles. The molecule has 0 aromatic carbocycles. The van der Waals surface area contributed by atoms with Crippen molar-refractivity contribution in [2.45, 2.75) is 38.8 Å². The smallest absolute Gasteiger partial charge is 0.134 e. The molecule has 2 rings (SSSR count). The van der Waals surface area contributed by atoms with Gasteiger partial charge in [-0.15, -0.1) is 5.10 Å². The topological polar surface area (TPSA) is 61.3 Å². The van der Waals surface area contributed by atoms with E-state index in [1.807, 2.05) is 6.92 Å². The van der Waals surface area contributed by atoms with Gasteiger partial charge in [0.1, 0.15) is 10.7 Å². The summed E-state index contributed by atoms with van der Waals surface area (Å²) in [5.41, 5.74) is 0.460. The maximum atomic E-state index is 9.91. The minimum Gasteiger partial charge on any atom is -0.389 e. The molecule has 2 N–H and O–H groups in total. The number of aromatic nitrogens is 2. The highest BCUT2D eigenvalue weighted by Crippen LogP contribution is 2.25. The first-order valence-corrected chi connectivity index (χ1v) is 6.88. The number of rotatable bonds is 5. The Bertz CT molecular complexity index is 366. The highest BCUT2D eigenvalue weighted by Gasteiger charge is 2.31. The highest BCUT2D eigenvalue weighted by atomic mass is 32.1. The molecule has 1 atom stereocenters. The molecule has 1 aromatic heterocycles. The lowest BCUT2D eigenvalue weighted by molar-refractivity contribution is 0.0677. The predicted octanol–water partition coefficient (Wildman–Crippen LogP) is 1.32. The molecule has 1 aliphatic rings. The van der Waals surface area contributed by atoms with Gasteiger partial charge in [0, 0.05) is 37.7 Å². The Morgan fingerprint density at radius 1 is 1.59 bits per heavy atom. The summed E-state index contributed by atoms with van der Waals surface area (Å²) in [6.07, 6.45) is 1.93. The number of hydrogen-bond donors (Lipinski definition) is 2. The van der Waals surface area contributed by atoms with E-state index in [0.717, 1.165) is 49.7 Å². The first-order chi connectivity index (χ1) is 8.11. The first kappa shape index (κ1) is 12.7. The molecule has 1 aromatic rings. The zero-order valence-electron chi connectivity index (χ0n) is 10.4. The maximum Gasteiger partial charge on any atom is 0.134 e. The Hall–Kier alpha value is -0.720. The van der Waals surface area contributed by atoms with E-state index in [9.17, 15) is 5.11 Å². The first-order valence-electron chi connectivity index (χ1n) is 6.10. The molecule has 17 heavy (non-hydrogen) atoms. The zero-order chi connectivity index (χ0) is 12.3. The Balaban J connectivity index is 1.92. The molecule has 0 amide bonds. The van der Waals surface area contributed by atoms with E-state index in [0.29, 0.717) is 0 Å². The fourth-order valence-corrected chi connectivity index (χ4v) is 2.67. The summed E-state index contributed by atoms with van der Waals surface area (Å²) in [5, 5.41) is 18.5. The van der Waals surface area contributed by atoms with Gasteiger partial charge in [-0.1, -0.05) is 11.4 Å². The lowest BCUT2D eigenvalue weighted by atomic mass is 10.1. The van der Waals surface area contributed by atoms with Crippen LogP contribution in [0.15, 0.2) is 0 Å². The van der Waals surface area contributed by atoms with Gasteiger partial charge in [-0.3, -0.25) is 4.90 Å². The Labute approximate surface area is 106 Å². The third kappa shape index (κ3) is 3.37. The number of nitrogens with zero attached hydrogens (tertiary/aromatic N) is 3. The predicted molar refractivity (Wildman–Crippen MR) is 69.2 cm³/mol. The van der Waals surface area contributed by atoms with Crippen LogP contribution < -0.4 is 5.32 Å². The molecule has 5 nitrogen and oxygen atoms in total. The van der Waals surface area contributed by atoms with Crippen molar-refractivity contribution in [1.82, 2.24) is 14.5 Å². The molecule has 1 aliphatic heterocycles. The van der Waals surface area contributed by atoms with Crippen molar-refractivity contribution in [2.75, 3.05) is 25.0 Å². The lowest BCUT2D eigenvalue weighted by Crippen LogP contribution is -2.29. The molecular weight excluding hydrogens is 236 g/mol. The summed E-state index contributed by atoms with van der Waals surface area (Å²) < 4.78 is 3.99. The van der Waals surface area contributed by atoms with E-state index in [2.05, 4.69) is 26.7 Å². The van der Waals surface area contributed by atoms with Gasteiger partial charge in [0.2, 0.25) is 0 Å². The SMILES string of the molecule is CCCNc1snnc1CN1CCC(C)(O)C1. The van der Waals surface area contributed by atoms with Gasteiger partial charge >= 0.3 is 0 Å². The molecule has 1 unspecified atom stereocenters. The van der Waals surface area contributed by atoms with Gasteiger partial charge in [0.05, 0.1) is 5.60 Å². The summed E-state index contributed by atoms with van der Waals surface area (Å²) >= 11 is 1.41.